The summed E-state index contributed by atoms with van der Waals surface area (Å²) < 4.78 is 40.9. The van der Waals surface area contributed by atoms with Crippen LogP contribution in [0.2, 0.25) is 0 Å². The average Bonchev–Trinajstić information content (AvgIpc) is 3.45. The van der Waals surface area contributed by atoms with Gasteiger partial charge in [-0.2, -0.15) is 23.3 Å². The van der Waals surface area contributed by atoms with Crippen molar-refractivity contribution in [3.8, 4) is 10.6 Å². The highest BCUT2D eigenvalue weighted by molar-refractivity contribution is 8.01. The summed E-state index contributed by atoms with van der Waals surface area (Å²) in [4.78, 5) is 19.7. The van der Waals surface area contributed by atoms with Crippen LogP contribution in [-0.4, -0.2) is 48.3 Å². The summed E-state index contributed by atoms with van der Waals surface area (Å²) in [6.45, 7) is 3.70. The highest BCUT2D eigenvalue weighted by atomic mass is 32.2. The number of hydrogen-bond donors (Lipinski definition) is 2. The highest BCUT2D eigenvalue weighted by Crippen LogP contribution is 2.38. The molecular weight excluding hydrogens is 473 g/mol. The summed E-state index contributed by atoms with van der Waals surface area (Å²) in [7, 11) is 1.29. The number of halogens is 3. The molecule has 1 aliphatic heterocycles. The Labute approximate surface area is 195 Å². The molecule has 0 spiro atoms. The number of hydrogen-bond acceptors (Lipinski definition) is 8. The summed E-state index contributed by atoms with van der Waals surface area (Å²) in [5, 5.41) is 4.66. The van der Waals surface area contributed by atoms with Crippen LogP contribution in [0.5, 0.6) is 0 Å². The zero-order chi connectivity index (χ0) is 23.4. The first-order chi connectivity index (χ1) is 15.6. The summed E-state index contributed by atoms with van der Waals surface area (Å²) in [6, 6.07) is 4.66. The predicted octanol–water partition coefficient (Wildman–Crippen LogP) is 4.30. The number of aromatic nitrogens is 6. The maximum absolute atomic E-state index is 13.1. The molecule has 0 aromatic carbocycles. The molecule has 3 N–H and O–H groups in total. The molecule has 13 heteroatoms. The molecule has 0 radical (unpaired) electrons. The number of imidazole rings is 1. The summed E-state index contributed by atoms with van der Waals surface area (Å²) >= 11 is 2.73. The van der Waals surface area contributed by atoms with Gasteiger partial charge in [-0.25, -0.2) is 9.97 Å². The molecule has 1 aliphatic rings. The molecule has 1 saturated heterocycles. The number of aryl methyl sites for hydroxylation is 1. The van der Waals surface area contributed by atoms with E-state index in [0.717, 1.165) is 46.8 Å². The molecule has 33 heavy (non-hydrogen) atoms. The van der Waals surface area contributed by atoms with E-state index in [1.165, 1.54) is 30.1 Å². The van der Waals surface area contributed by atoms with Gasteiger partial charge in [-0.05, 0) is 38.0 Å². The number of nitrogens with zero attached hydrogens (tertiary/aromatic N) is 6. The van der Waals surface area contributed by atoms with Crippen molar-refractivity contribution >= 4 is 40.3 Å². The Balaban J connectivity index is 1.32. The maximum Gasteiger partial charge on any atom is 0.433 e. The van der Waals surface area contributed by atoms with E-state index < -0.39 is 11.9 Å². The van der Waals surface area contributed by atoms with Crippen molar-refractivity contribution < 1.29 is 13.2 Å². The average molecular weight is 495 g/mol. The minimum atomic E-state index is -4.44. The number of alkyl halides is 3. The van der Waals surface area contributed by atoms with Gasteiger partial charge in [0.15, 0.2) is 11.3 Å². The number of thiophene rings is 1. The number of aromatic amines is 1. The van der Waals surface area contributed by atoms with Crippen LogP contribution in [-0.2, 0) is 13.2 Å². The molecule has 4 aromatic heterocycles. The number of anilines is 1. The Morgan fingerprint density at radius 3 is 2.67 bits per heavy atom. The van der Waals surface area contributed by atoms with E-state index in [1.807, 2.05) is 6.07 Å². The van der Waals surface area contributed by atoms with E-state index in [9.17, 15) is 13.2 Å². The van der Waals surface area contributed by atoms with Gasteiger partial charge in [-0.3, -0.25) is 4.68 Å². The first kappa shape index (κ1) is 22.2. The van der Waals surface area contributed by atoms with Crippen molar-refractivity contribution in [3.63, 3.8) is 0 Å². The van der Waals surface area contributed by atoms with Crippen LogP contribution in [0.1, 0.15) is 25.5 Å². The molecule has 8 nitrogen and oxygen atoms in total. The highest BCUT2D eigenvalue weighted by Gasteiger charge is 2.35. The van der Waals surface area contributed by atoms with Crippen molar-refractivity contribution in [3.05, 3.63) is 30.1 Å². The largest absolute Gasteiger partial charge is 0.433 e. The van der Waals surface area contributed by atoms with Gasteiger partial charge in [-0.15, -0.1) is 11.3 Å². The number of piperidine rings is 1. The van der Waals surface area contributed by atoms with Gasteiger partial charge in [0, 0.05) is 25.7 Å². The number of rotatable bonds is 4. The zero-order valence-corrected chi connectivity index (χ0v) is 19.5. The topological polar surface area (TPSA) is 102 Å². The van der Waals surface area contributed by atoms with Gasteiger partial charge < -0.3 is 15.6 Å². The molecule has 1 fully saturated rings. The number of nitrogens with two attached hydrogens (primary N) is 1. The molecule has 4 aromatic rings. The summed E-state index contributed by atoms with van der Waals surface area (Å²) in [6.07, 6.45) is -1.02. The lowest BCUT2D eigenvalue weighted by molar-refractivity contribution is -0.143. The molecule has 174 valence electrons. The van der Waals surface area contributed by atoms with Crippen molar-refractivity contribution in [2.24, 2.45) is 12.8 Å². The molecule has 5 heterocycles. The molecular formula is C20H21F3N8S2. The van der Waals surface area contributed by atoms with Crippen LogP contribution < -0.4 is 10.6 Å². The SMILES string of the molecule is Cn1nc(-c2ccc(Sc3cnc4[nH]c(N5CCC(C)(N)CC5)nc4n3)s2)cc1C(F)(F)F. The third-order valence-electron chi connectivity index (χ3n) is 5.59. The van der Waals surface area contributed by atoms with Crippen LogP contribution >= 0.6 is 23.1 Å². The Kier molecular flexibility index (Phi) is 5.37. The first-order valence-corrected chi connectivity index (χ1v) is 11.9. The number of nitrogens with one attached hydrogen (secondary N) is 1. The summed E-state index contributed by atoms with van der Waals surface area (Å²) in [5.74, 6) is 0.733. The van der Waals surface area contributed by atoms with Gasteiger partial charge in [0.1, 0.15) is 16.4 Å². The zero-order valence-electron chi connectivity index (χ0n) is 17.8. The van der Waals surface area contributed by atoms with Gasteiger partial charge in [0.2, 0.25) is 5.95 Å². The first-order valence-electron chi connectivity index (χ1n) is 10.2. The van der Waals surface area contributed by atoms with Crippen LogP contribution in [0.3, 0.4) is 0 Å². The Bertz CT molecular complexity index is 1300. The normalized spacial score (nSPS) is 16.6. The van der Waals surface area contributed by atoms with Gasteiger partial charge in [0.05, 0.1) is 15.3 Å². The quantitative estimate of drug-likeness (QED) is 0.436. The molecule has 5 rings (SSSR count). The maximum atomic E-state index is 13.1. The lowest BCUT2D eigenvalue weighted by Crippen LogP contribution is -2.48. The lowest BCUT2D eigenvalue weighted by Gasteiger charge is -2.36. The molecule has 0 unspecified atom stereocenters. The Morgan fingerprint density at radius 1 is 1.21 bits per heavy atom. The van der Waals surface area contributed by atoms with Crippen LogP contribution in [0.4, 0.5) is 19.1 Å². The predicted molar refractivity (Wildman–Crippen MR) is 121 cm³/mol. The van der Waals surface area contributed by atoms with Crippen molar-refractivity contribution in [1.29, 1.82) is 0 Å². The van der Waals surface area contributed by atoms with Crippen LogP contribution in [0, 0.1) is 0 Å². The molecule has 0 aliphatic carbocycles. The Hall–Kier alpha value is -2.64. The standard InChI is InChI=1S/C20H21F3N8S2/c1-19(24)5-7-31(8-6-19)18-27-16-17(28-18)26-14(10-25-16)33-15-4-3-12(32-15)11-9-13(20(21,22)23)30(2)29-11/h3-4,9-10H,5-8,24H2,1-2H3,(H,25,26,27,28). The van der Waals surface area contributed by atoms with E-state index in [0.29, 0.717) is 21.2 Å². The number of fused-ring (bicyclic) bond motifs is 1. The van der Waals surface area contributed by atoms with Crippen molar-refractivity contribution in [2.75, 3.05) is 18.0 Å². The van der Waals surface area contributed by atoms with Gasteiger partial charge in [0.25, 0.3) is 0 Å². The van der Waals surface area contributed by atoms with Crippen LogP contribution in [0.15, 0.2) is 33.6 Å². The fraction of sp³-hybridized carbons (Fsp3) is 0.400. The third kappa shape index (κ3) is 4.57. The Morgan fingerprint density at radius 2 is 1.97 bits per heavy atom. The third-order valence-corrected chi connectivity index (χ3v) is 7.73. The smallest absolute Gasteiger partial charge is 0.342 e. The second kappa shape index (κ2) is 7.99. The van der Waals surface area contributed by atoms with Gasteiger partial charge in [-0.1, -0.05) is 11.8 Å². The lowest BCUT2D eigenvalue weighted by atomic mass is 9.91. The number of H-pyrrole nitrogens is 1. The monoisotopic (exact) mass is 494 g/mol. The van der Waals surface area contributed by atoms with E-state index in [-0.39, 0.29) is 11.2 Å². The van der Waals surface area contributed by atoms with E-state index >= 15 is 0 Å². The summed E-state index contributed by atoms with van der Waals surface area (Å²) in [5.41, 5.74) is 6.70. The molecule has 0 bridgehead atoms. The second-order valence-corrected chi connectivity index (χ2v) is 10.7. The molecule has 0 saturated carbocycles. The van der Waals surface area contributed by atoms with E-state index in [2.05, 4.69) is 36.9 Å². The van der Waals surface area contributed by atoms with E-state index in [1.54, 1.807) is 12.3 Å². The minimum absolute atomic E-state index is 0.147. The van der Waals surface area contributed by atoms with E-state index in [4.69, 9.17) is 5.73 Å². The molecule has 0 amide bonds. The van der Waals surface area contributed by atoms with Crippen molar-refractivity contribution in [2.45, 2.75) is 40.7 Å². The minimum Gasteiger partial charge on any atom is -0.342 e. The van der Waals surface area contributed by atoms with Crippen molar-refractivity contribution in [1.82, 2.24) is 29.7 Å². The van der Waals surface area contributed by atoms with Crippen LogP contribution in [0.25, 0.3) is 21.9 Å². The second-order valence-electron chi connectivity index (χ2n) is 8.34. The fourth-order valence-corrected chi connectivity index (χ4v) is 5.63. The van der Waals surface area contributed by atoms with Gasteiger partial charge >= 0.3 is 6.18 Å². The fourth-order valence-electron chi connectivity index (χ4n) is 3.66. The molecule has 0 atom stereocenters.